The van der Waals surface area contributed by atoms with Gasteiger partial charge in [0.25, 0.3) is 0 Å². The highest BCUT2D eigenvalue weighted by Gasteiger charge is 2.49. The molecule has 0 spiro atoms. The lowest BCUT2D eigenvalue weighted by Gasteiger charge is -2.33. The van der Waals surface area contributed by atoms with Crippen LogP contribution in [0, 0.1) is 5.92 Å². The second-order valence-electron chi connectivity index (χ2n) is 6.95. The molecule has 0 bridgehead atoms. The van der Waals surface area contributed by atoms with E-state index in [4.69, 9.17) is 0 Å². The maximum atomic E-state index is 12.2. The molecule has 1 amide bonds. The van der Waals surface area contributed by atoms with Crippen LogP contribution in [-0.4, -0.2) is 63.8 Å². The van der Waals surface area contributed by atoms with E-state index in [0.717, 1.165) is 26.1 Å². The van der Waals surface area contributed by atoms with Gasteiger partial charge in [-0.2, -0.15) is 5.10 Å². The molecular formula is C16H27N5O. The molecule has 0 aliphatic carbocycles. The monoisotopic (exact) mass is 305 g/mol. The number of hydrogen-bond acceptors (Lipinski definition) is 4. The van der Waals surface area contributed by atoms with Crippen LogP contribution in [0.1, 0.15) is 25.8 Å². The first-order valence-electron chi connectivity index (χ1n) is 8.18. The summed E-state index contributed by atoms with van der Waals surface area (Å²) in [6.45, 7) is 7.48. The van der Waals surface area contributed by atoms with E-state index >= 15 is 0 Å². The molecule has 3 heterocycles. The highest BCUT2D eigenvalue weighted by atomic mass is 16.2. The average Bonchev–Trinajstić information content (AvgIpc) is 3.11. The fourth-order valence-corrected chi connectivity index (χ4v) is 4.24. The van der Waals surface area contributed by atoms with E-state index < -0.39 is 0 Å². The Morgan fingerprint density at radius 1 is 1.45 bits per heavy atom. The van der Waals surface area contributed by atoms with Gasteiger partial charge in [-0.3, -0.25) is 19.3 Å². The van der Waals surface area contributed by atoms with Gasteiger partial charge in [-0.05, 0) is 26.2 Å². The van der Waals surface area contributed by atoms with Crippen molar-refractivity contribution in [2.24, 2.45) is 13.0 Å². The smallest absolute Gasteiger partial charge is 0.237 e. The summed E-state index contributed by atoms with van der Waals surface area (Å²) in [4.78, 5) is 17.1. The number of likely N-dealkylation sites (tertiary alicyclic amines) is 2. The van der Waals surface area contributed by atoms with Crippen molar-refractivity contribution in [1.29, 1.82) is 0 Å². The number of aryl methyl sites for hydroxylation is 1. The lowest BCUT2D eigenvalue weighted by atomic mass is 10.0. The van der Waals surface area contributed by atoms with Gasteiger partial charge in [0.05, 0.1) is 12.2 Å². The summed E-state index contributed by atoms with van der Waals surface area (Å²) in [5.74, 6) is 0.767. The standard InChI is InChI=1S/C16H27N5O/c1-11(2)21-14(16(22)17-3)5-13-9-20(10-15(13)21)8-12-6-18-19(4)7-12/h6-7,11,13-15H,5,8-10H2,1-4H3,(H,17,22)/t13-,14-,15+/m1/s1. The van der Waals surface area contributed by atoms with E-state index in [9.17, 15) is 4.79 Å². The van der Waals surface area contributed by atoms with Gasteiger partial charge >= 0.3 is 0 Å². The minimum atomic E-state index is 0.0422. The van der Waals surface area contributed by atoms with E-state index in [2.05, 4.69) is 40.3 Å². The molecule has 3 rings (SSSR count). The molecule has 2 aliphatic heterocycles. The van der Waals surface area contributed by atoms with Crippen molar-refractivity contribution in [3.8, 4) is 0 Å². The number of fused-ring (bicyclic) bond motifs is 1. The number of carbonyl (C=O) groups is 1. The summed E-state index contributed by atoms with van der Waals surface area (Å²) in [5, 5.41) is 7.08. The first-order chi connectivity index (χ1) is 10.5. The largest absolute Gasteiger partial charge is 0.358 e. The molecular weight excluding hydrogens is 278 g/mol. The number of nitrogens with one attached hydrogen (secondary N) is 1. The number of hydrogen-bond donors (Lipinski definition) is 1. The van der Waals surface area contributed by atoms with Gasteiger partial charge in [0.1, 0.15) is 0 Å². The van der Waals surface area contributed by atoms with E-state index in [0.29, 0.717) is 18.0 Å². The van der Waals surface area contributed by atoms with Crippen LogP contribution < -0.4 is 5.32 Å². The van der Waals surface area contributed by atoms with Gasteiger partial charge in [-0.25, -0.2) is 0 Å². The van der Waals surface area contributed by atoms with Crippen LogP contribution in [0.15, 0.2) is 12.4 Å². The number of aromatic nitrogens is 2. The van der Waals surface area contributed by atoms with Crippen molar-refractivity contribution >= 4 is 5.91 Å². The number of amides is 1. The van der Waals surface area contributed by atoms with Crippen molar-refractivity contribution in [3.63, 3.8) is 0 Å². The molecule has 122 valence electrons. The predicted molar refractivity (Wildman–Crippen MR) is 85.2 cm³/mol. The van der Waals surface area contributed by atoms with Gasteiger partial charge in [0.15, 0.2) is 0 Å². The summed E-state index contributed by atoms with van der Waals surface area (Å²) in [6, 6.07) is 0.940. The van der Waals surface area contributed by atoms with Crippen molar-refractivity contribution in [1.82, 2.24) is 24.9 Å². The van der Waals surface area contributed by atoms with Crippen LogP contribution in [-0.2, 0) is 18.4 Å². The Morgan fingerprint density at radius 3 is 2.82 bits per heavy atom. The van der Waals surface area contributed by atoms with E-state index in [1.807, 2.05) is 17.9 Å². The summed E-state index contributed by atoms with van der Waals surface area (Å²) >= 11 is 0. The number of likely N-dealkylation sites (N-methyl/N-ethyl adjacent to an activating group) is 1. The van der Waals surface area contributed by atoms with Crippen LogP contribution >= 0.6 is 0 Å². The number of carbonyl (C=O) groups excluding carboxylic acids is 1. The van der Waals surface area contributed by atoms with Gasteiger partial charge in [-0.15, -0.1) is 0 Å². The minimum Gasteiger partial charge on any atom is -0.358 e. The topological polar surface area (TPSA) is 53.4 Å². The molecule has 6 nitrogen and oxygen atoms in total. The summed E-state index contributed by atoms with van der Waals surface area (Å²) < 4.78 is 1.86. The summed E-state index contributed by atoms with van der Waals surface area (Å²) in [5.41, 5.74) is 1.27. The van der Waals surface area contributed by atoms with Crippen LogP contribution in [0.4, 0.5) is 0 Å². The van der Waals surface area contributed by atoms with E-state index in [1.54, 1.807) is 7.05 Å². The first-order valence-corrected chi connectivity index (χ1v) is 8.18. The molecule has 6 heteroatoms. The second kappa shape index (κ2) is 6.01. The summed E-state index contributed by atoms with van der Waals surface area (Å²) in [7, 11) is 3.69. The van der Waals surface area contributed by atoms with Crippen LogP contribution in [0.5, 0.6) is 0 Å². The molecule has 2 aliphatic rings. The molecule has 0 aromatic carbocycles. The quantitative estimate of drug-likeness (QED) is 0.877. The van der Waals surface area contributed by atoms with Gasteiger partial charge in [-0.1, -0.05) is 0 Å². The zero-order valence-electron chi connectivity index (χ0n) is 14.0. The fraction of sp³-hybridized carbons (Fsp3) is 0.750. The molecule has 2 saturated heterocycles. The number of nitrogens with zero attached hydrogens (tertiary/aromatic N) is 4. The zero-order chi connectivity index (χ0) is 15.9. The third-order valence-electron chi connectivity index (χ3n) is 5.06. The van der Waals surface area contributed by atoms with Crippen molar-refractivity contribution in [2.45, 2.75) is 44.9 Å². The average molecular weight is 305 g/mol. The Morgan fingerprint density at radius 2 is 2.23 bits per heavy atom. The SMILES string of the molecule is CNC(=O)[C@H]1C[C@@H]2CN(Cc3cnn(C)c3)C[C@@H]2N1C(C)C. The Kier molecular flexibility index (Phi) is 4.23. The Bertz CT molecular complexity index is 540. The fourth-order valence-electron chi connectivity index (χ4n) is 4.24. The lowest BCUT2D eigenvalue weighted by Crippen LogP contribution is -2.50. The molecule has 1 N–H and O–H groups in total. The van der Waals surface area contributed by atoms with E-state index in [-0.39, 0.29) is 11.9 Å². The second-order valence-corrected chi connectivity index (χ2v) is 6.95. The van der Waals surface area contributed by atoms with Crippen LogP contribution in [0.3, 0.4) is 0 Å². The zero-order valence-corrected chi connectivity index (χ0v) is 14.0. The maximum absolute atomic E-state index is 12.2. The van der Waals surface area contributed by atoms with E-state index in [1.165, 1.54) is 5.56 Å². The number of rotatable bonds is 4. The molecule has 3 atom stereocenters. The van der Waals surface area contributed by atoms with Gasteiger partial charge in [0.2, 0.25) is 5.91 Å². The van der Waals surface area contributed by atoms with Crippen molar-refractivity contribution in [3.05, 3.63) is 18.0 Å². The Hall–Kier alpha value is -1.40. The third kappa shape index (κ3) is 2.77. The van der Waals surface area contributed by atoms with Gasteiger partial charge < -0.3 is 5.32 Å². The molecule has 1 aromatic rings. The maximum Gasteiger partial charge on any atom is 0.237 e. The first kappa shape index (κ1) is 15.5. The molecule has 1 aromatic heterocycles. The molecule has 22 heavy (non-hydrogen) atoms. The predicted octanol–water partition coefficient (Wildman–Crippen LogP) is 0.449. The Balaban J connectivity index is 1.68. The highest BCUT2D eigenvalue weighted by molar-refractivity contribution is 5.82. The molecule has 0 unspecified atom stereocenters. The third-order valence-corrected chi connectivity index (χ3v) is 5.06. The van der Waals surface area contributed by atoms with Crippen LogP contribution in [0.25, 0.3) is 0 Å². The summed E-state index contributed by atoms with van der Waals surface area (Å²) in [6.07, 6.45) is 5.01. The molecule has 0 radical (unpaired) electrons. The van der Waals surface area contributed by atoms with Gasteiger partial charge in [0, 0.05) is 57.6 Å². The normalized spacial score (nSPS) is 29.2. The minimum absolute atomic E-state index is 0.0422. The highest BCUT2D eigenvalue weighted by Crippen LogP contribution is 2.37. The van der Waals surface area contributed by atoms with Crippen LogP contribution in [0.2, 0.25) is 0 Å². The Labute approximate surface area is 132 Å². The van der Waals surface area contributed by atoms with Crippen molar-refractivity contribution in [2.75, 3.05) is 20.1 Å². The lowest BCUT2D eigenvalue weighted by molar-refractivity contribution is -0.126. The van der Waals surface area contributed by atoms with Crippen molar-refractivity contribution < 1.29 is 4.79 Å². The molecule has 2 fully saturated rings. The molecule has 0 saturated carbocycles.